The number of carbonyl (C=O) groups is 2. The van der Waals surface area contributed by atoms with Crippen molar-refractivity contribution in [2.45, 2.75) is 110 Å². The molecule has 0 saturated carbocycles. The van der Waals surface area contributed by atoms with Gasteiger partial charge in [0.25, 0.3) is 0 Å². The standard InChI is InChI=1S/C20H40N2O8/c1-10(2)21(11(3)4)18(22(12(5)6)13(7)8)20(29)30-9-14(23)15(24)16(25)17(26)19(27)28/h10-18,23-26H,9H2,1-8H3,(H,27,28)/t14-,15-,16-,17-/m0/s1. The molecule has 10 heteroatoms. The van der Waals surface area contributed by atoms with Gasteiger partial charge in [0, 0.05) is 24.2 Å². The molecule has 0 amide bonds. The lowest BCUT2D eigenvalue weighted by atomic mass is 10.0. The normalized spacial score (nSPS) is 16.8. The van der Waals surface area contributed by atoms with Crippen molar-refractivity contribution in [3.8, 4) is 0 Å². The Morgan fingerprint density at radius 2 is 1.10 bits per heavy atom. The molecule has 0 saturated heterocycles. The largest absolute Gasteiger partial charge is 0.479 e. The lowest BCUT2D eigenvalue weighted by Crippen LogP contribution is -2.62. The highest BCUT2D eigenvalue weighted by molar-refractivity contribution is 5.75. The summed E-state index contributed by atoms with van der Waals surface area (Å²) in [6, 6.07) is 0.0207. The maximum absolute atomic E-state index is 13.1. The molecular formula is C20H40N2O8. The van der Waals surface area contributed by atoms with Gasteiger partial charge in [0.05, 0.1) is 0 Å². The van der Waals surface area contributed by atoms with Crippen molar-refractivity contribution in [3.63, 3.8) is 0 Å². The van der Waals surface area contributed by atoms with Crippen LogP contribution >= 0.6 is 0 Å². The first kappa shape index (κ1) is 28.7. The van der Waals surface area contributed by atoms with Crippen LogP contribution in [0.15, 0.2) is 0 Å². The zero-order valence-corrected chi connectivity index (χ0v) is 19.3. The molecule has 0 heterocycles. The van der Waals surface area contributed by atoms with Crippen LogP contribution in [0.1, 0.15) is 55.4 Å². The number of aliphatic hydroxyl groups excluding tert-OH is 4. The average Bonchev–Trinajstić information content (AvgIpc) is 2.61. The molecule has 0 fully saturated rings. The second-order valence-corrected chi connectivity index (χ2v) is 8.60. The van der Waals surface area contributed by atoms with Crippen molar-refractivity contribution in [1.82, 2.24) is 9.80 Å². The smallest absolute Gasteiger partial charge is 0.338 e. The maximum Gasteiger partial charge on any atom is 0.338 e. The Kier molecular flexibility index (Phi) is 12.0. The summed E-state index contributed by atoms with van der Waals surface area (Å²) in [5, 5.41) is 47.6. The van der Waals surface area contributed by atoms with E-state index in [2.05, 4.69) is 0 Å². The maximum atomic E-state index is 13.1. The van der Waals surface area contributed by atoms with Gasteiger partial charge < -0.3 is 30.3 Å². The third kappa shape index (κ3) is 7.75. The molecule has 0 aliphatic rings. The van der Waals surface area contributed by atoms with E-state index >= 15 is 0 Å². The average molecular weight is 437 g/mol. The molecule has 4 atom stereocenters. The Morgan fingerprint density at radius 1 is 0.733 bits per heavy atom. The number of esters is 1. The number of rotatable bonds is 13. The number of carboxylic acids is 1. The number of hydrogen-bond acceptors (Lipinski definition) is 9. The second kappa shape index (κ2) is 12.5. The highest BCUT2D eigenvalue weighted by Crippen LogP contribution is 2.21. The third-order valence-electron chi connectivity index (χ3n) is 4.88. The molecular weight excluding hydrogens is 396 g/mol. The lowest BCUT2D eigenvalue weighted by Gasteiger charge is -2.46. The molecule has 0 bridgehead atoms. The fraction of sp³-hybridized carbons (Fsp3) is 0.900. The fourth-order valence-electron chi connectivity index (χ4n) is 3.62. The van der Waals surface area contributed by atoms with Gasteiger partial charge in [-0.3, -0.25) is 9.80 Å². The van der Waals surface area contributed by atoms with Gasteiger partial charge >= 0.3 is 11.9 Å². The molecule has 0 aromatic heterocycles. The van der Waals surface area contributed by atoms with Crippen LogP contribution in [0.4, 0.5) is 0 Å². The van der Waals surface area contributed by atoms with Crippen molar-refractivity contribution >= 4 is 11.9 Å². The van der Waals surface area contributed by atoms with Crippen molar-refractivity contribution in [2.75, 3.05) is 6.61 Å². The van der Waals surface area contributed by atoms with Gasteiger partial charge in [-0.05, 0) is 55.4 Å². The van der Waals surface area contributed by atoms with E-state index < -0.39 is 49.1 Å². The Bertz CT molecular complexity index is 505. The van der Waals surface area contributed by atoms with Gasteiger partial charge in [-0.25, -0.2) is 9.59 Å². The van der Waals surface area contributed by atoms with E-state index in [1.807, 2.05) is 65.2 Å². The number of ether oxygens (including phenoxy) is 1. The van der Waals surface area contributed by atoms with Gasteiger partial charge in [-0.15, -0.1) is 0 Å². The van der Waals surface area contributed by atoms with Crippen LogP contribution in [0.3, 0.4) is 0 Å². The van der Waals surface area contributed by atoms with Crippen molar-refractivity contribution < 1.29 is 39.9 Å². The minimum Gasteiger partial charge on any atom is -0.479 e. The first-order valence-corrected chi connectivity index (χ1v) is 10.3. The Hall–Kier alpha value is -1.30. The number of carboxylic acid groups (broad SMARTS) is 1. The minimum absolute atomic E-state index is 0.00518. The van der Waals surface area contributed by atoms with Gasteiger partial charge in [-0.2, -0.15) is 0 Å². The summed E-state index contributed by atoms with van der Waals surface area (Å²) in [6.07, 6.45) is -8.98. The first-order chi connectivity index (χ1) is 13.6. The van der Waals surface area contributed by atoms with Crippen molar-refractivity contribution in [2.24, 2.45) is 0 Å². The van der Waals surface area contributed by atoms with E-state index in [0.29, 0.717) is 0 Å². The van der Waals surface area contributed by atoms with Crippen molar-refractivity contribution in [3.05, 3.63) is 0 Å². The molecule has 0 aromatic carbocycles. The van der Waals surface area contributed by atoms with E-state index in [9.17, 15) is 30.0 Å². The number of nitrogens with zero attached hydrogens (tertiary/aromatic N) is 2. The predicted octanol–water partition coefficient (Wildman–Crippen LogP) is -0.378. The Morgan fingerprint density at radius 3 is 1.40 bits per heavy atom. The van der Waals surface area contributed by atoms with E-state index in [-0.39, 0.29) is 24.2 Å². The van der Waals surface area contributed by atoms with Crippen LogP contribution in [0.2, 0.25) is 0 Å². The van der Waals surface area contributed by atoms with Gasteiger partial charge in [0.15, 0.2) is 12.3 Å². The fourth-order valence-corrected chi connectivity index (χ4v) is 3.62. The Balaban J connectivity index is 5.55. The number of aliphatic hydroxyl groups is 4. The zero-order chi connectivity index (χ0) is 23.9. The SMILES string of the molecule is CC(C)N(C(C)C)C(C(=O)OC[C@H](O)[C@H](O)[C@H](O)[C@H](O)C(=O)O)N(C(C)C)C(C)C. The number of carbonyl (C=O) groups excluding carboxylic acids is 1. The summed E-state index contributed by atoms with van der Waals surface area (Å²) < 4.78 is 5.27. The lowest BCUT2D eigenvalue weighted by molar-refractivity contribution is -0.177. The monoisotopic (exact) mass is 436 g/mol. The van der Waals surface area contributed by atoms with E-state index in [0.717, 1.165) is 0 Å². The summed E-state index contributed by atoms with van der Waals surface area (Å²) in [5.74, 6) is -2.39. The highest BCUT2D eigenvalue weighted by Gasteiger charge is 2.40. The topological polar surface area (TPSA) is 151 Å². The molecule has 0 spiro atoms. The highest BCUT2D eigenvalue weighted by atomic mass is 16.5. The molecule has 0 rings (SSSR count). The number of aliphatic carboxylic acids is 1. The van der Waals surface area contributed by atoms with Crippen LogP contribution in [-0.2, 0) is 14.3 Å². The summed E-state index contributed by atoms with van der Waals surface area (Å²) in [4.78, 5) is 27.8. The zero-order valence-electron chi connectivity index (χ0n) is 19.3. The predicted molar refractivity (Wildman–Crippen MR) is 111 cm³/mol. The van der Waals surface area contributed by atoms with Crippen LogP contribution in [0.5, 0.6) is 0 Å². The minimum atomic E-state index is -2.28. The van der Waals surface area contributed by atoms with E-state index in [1.165, 1.54) is 0 Å². The molecule has 30 heavy (non-hydrogen) atoms. The molecule has 0 unspecified atom stereocenters. The third-order valence-corrected chi connectivity index (χ3v) is 4.88. The summed E-state index contributed by atoms with van der Waals surface area (Å²) in [6.45, 7) is 15.0. The summed E-state index contributed by atoms with van der Waals surface area (Å²) >= 11 is 0. The van der Waals surface area contributed by atoms with E-state index in [4.69, 9.17) is 9.84 Å². The second-order valence-electron chi connectivity index (χ2n) is 8.60. The van der Waals surface area contributed by atoms with Crippen LogP contribution in [0.25, 0.3) is 0 Å². The Labute approximate surface area is 179 Å². The van der Waals surface area contributed by atoms with Gasteiger partial charge in [0.1, 0.15) is 24.9 Å². The summed E-state index contributed by atoms with van der Waals surface area (Å²) in [5.41, 5.74) is 0. The first-order valence-electron chi connectivity index (χ1n) is 10.3. The van der Waals surface area contributed by atoms with Crippen LogP contribution in [0, 0.1) is 0 Å². The quantitative estimate of drug-likeness (QED) is 0.191. The van der Waals surface area contributed by atoms with Crippen molar-refractivity contribution in [1.29, 1.82) is 0 Å². The molecule has 0 radical (unpaired) electrons. The van der Waals surface area contributed by atoms with Gasteiger partial charge in [0.2, 0.25) is 0 Å². The molecule has 178 valence electrons. The van der Waals surface area contributed by atoms with E-state index in [1.54, 1.807) is 0 Å². The van der Waals surface area contributed by atoms with Gasteiger partial charge in [-0.1, -0.05) is 0 Å². The molecule has 0 aliphatic carbocycles. The molecule has 0 aromatic rings. The number of hydrogen-bond donors (Lipinski definition) is 5. The van der Waals surface area contributed by atoms with Crippen LogP contribution in [-0.4, -0.2) is 109 Å². The van der Waals surface area contributed by atoms with Crippen LogP contribution < -0.4 is 0 Å². The summed E-state index contributed by atoms with van der Waals surface area (Å²) in [7, 11) is 0. The molecule has 5 N–H and O–H groups in total. The molecule has 10 nitrogen and oxygen atoms in total. The molecule has 0 aliphatic heterocycles.